The number of carbonyl (C=O) groups excluding carboxylic acids is 2. The third-order valence-corrected chi connectivity index (χ3v) is 8.53. The van der Waals surface area contributed by atoms with Crippen LogP contribution in [-0.4, -0.2) is 79.3 Å². The van der Waals surface area contributed by atoms with E-state index in [1.807, 2.05) is 52.0 Å². The Kier molecular flexibility index (Phi) is 10.4. The molecule has 1 fully saturated rings. The van der Waals surface area contributed by atoms with E-state index in [2.05, 4.69) is 5.32 Å². The number of nitrogens with zero attached hydrogens (tertiary/aromatic N) is 3. The highest BCUT2D eigenvalue weighted by Crippen LogP contribution is 2.23. The summed E-state index contributed by atoms with van der Waals surface area (Å²) in [6.45, 7) is 9.09. The van der Waals surface area contributed by atoms with Crippen LogP contribution in [0.25, 0.3) is 0 Å². The highest BCUT2D eigenvalue weighted by Gasteiger charge is 2.33. The lowest BCUT2D eigenvalue weighted by Crippen LogP contribution is -2.54. The molecule has 0 atom stereocenters. The van der Waals surface area contributed by atoms with Crippen LogP contribution in [0.3, 0.4) is 0 Å². The van der Waals surface area contributed by atoms with Crippen molar-refractivity contribution in [2.45, 2.75) is 70.0 Å². The van der Waals surface area contributed by atoms with Crippen LogP contribution >= 0.6 is 0 Å². The Morgan fingerprint density at radius 3 is 2.18 bits per heavy atom. The van der Waals surface area contributed by atoms with Crippen molar-refractivity contribution in [3.63, 3.8) is 0 Å². The summed E-state index contributed by atoms with van der Waals surface area (Å²) in [7, 11) is -2.23. The van der Waals surface area contributed by atoms with E-state index in [1.165, 1.54) is 4.31 Å². The molecule has 0 unspecified atom stereocenters. The van der Waals surface area contributed by atoms with Crippen molar-refractivity contribution in [3.8, 4) is 5.75 Å². The SMILES string of the molecule is CCCN(CC(=O)N(Cc1ccc(OC)cc1)C1CCN(C(=O)NC(C)(C)C)CC1)S(=O)(=O)c1ccccc1. The Labute approximate surface area is 233 Å². The third-order valence-electron chi connectivity index (χ3n) is 6.67. The van der Waals surface area contributed by atoms with E-state index in [1.54, 1.807) is 47.2 Å². The molecule has 3 amide bonds. The molecule has 2 aromatic carbocycles. The molecule has 0 saturated carbocycles. The van der Waals surface area contributed by atoms with E-state index in [0.717, 1.165) is 11.3 Å². The van der Waals surface area contributed by atoms with Gasteiger partial charge in [-0.15, -0.1) is 0 Å². The number of ether oxygens (including phenoxy) is 1. The summed E-state index contributed by atoms with van der Waals surface area (Å²) < 4.78 is 33.4. The molecule has 10 heteroatoms. The molecule has 0 aliphatic carbocycles. The molecule has 1 saturated heterocycles. The average Bonchev–Trinajstić information content (AvgIpc) is 2.91. The molecule has 0 aromatic heterocycles. The molecule has 0 bridgehead atoms. The minimum absolute atomic E-state index is 0.114. The van der Waals surface area contributed by atoms with Gasteiger partial charge in [0.05, 0.1) is 18.6 Å². The van der Waals surface area contributed by atoms with Crippen LogP contribution in [0.15, 0.2) is 59.5 Å². The van der Waals surface area contributed by atoms with E-state index >= 15 is 0 Å². The second-order valence-electron chi connectivity index (χ2n) is 10.9. The fraction of sp³-hybridized carbons (Fsp3) is 0.517. The minimum Gasteiger partial charge on any atom is -0.497 e. The number of piperidine rings is 1. The van der Waals surface area contributed by atoms with Gasteiger partial charge in [-0.25, -0.2) is 13.2 Å². The van der Waals surface area contributed by atoms with Crippen molar-refractivity contribution in [2.24, 2.45) is 0 Å². The molecule has 1 heterocycles. The molecule has 0 spiro atoms. The van der Waals surface area contributed by atoms with Crippen LogP contribution in [0.2, 0.25) is 0 Å². The molecule has 1 aliphatic heterocycles. The highest BCUT2D eigenvalue weighted by molar-refractivity contribution is 7.89. The maximum atomic E-state index is 13.8. The van der Waals surface area contributed by atoms with Gasteiger partial charge in [0.25, 0.3) is 0 Å². The number of amides is 3. The van der Waals surface area contributed by atoms with Crippen molar-refractivity contribution in [3.05, 3.63) is 60.2 Å². The second kappa shape index (κ2) is 13.3. The summed E-state index contributed by atoms with van der Waals surface area (Å²) in [6, 6.07) is 15.5. The molecule has 3 rings (SSSR count). The zero-order valence-electron chi connectivity index (χ0n) is 23.7. The van der Waals surface area contributed by atoms with E-state index in [0.29, 0.717) is 38.9 Å². The summed E-state index contributed by atoms with van der Waals surface area (Å²) >= 11 is 0. The van der Waals surface area contributed by atoms with Gasteiger partial charge < -0.3 is 19.9 Å². The largest absolute Gasteiger partial charge is 0.497 e. The van der Waals surface area contributed by atoms with Gasteiger partial charge in [0.1, 0.15) is 5.75 Å². The second-order valence-corrected chi connectivity index (χ2v) is 12.9. The van der Waals surface area contributed by atoms with Crippen molar-refractivity contribution >= 4 is 22.0 Å². The molecular formula is C29H42N4O5S. The van der Waals surface area contributed by atoms with Gasteiger partial charge in [0, 0.05) is 37.8 Å². The van der Waals surface area contributed by atoms with Crippen LogP contribution < -0.4 is 10.1 Å². The Balaban J connectivity index is 1.81. The van der Waals surface area contributed by atoms with Gasteiger partial charge in [-0.05, 0) is 69.9 Å². The van der Waals surface area contributed by atoms with Gasteiger partial charge >= 0.3 is 6.03 Å². The van der Waals surface area contributed by atoms with Crippen LogP contribution in [0.1, 0.15) is 52.5 Å². The fourth-order valence-electron chi connectivity index (χ4n) is 4.65. The van der Waals surface area contributed by atoms with Crippen LogP contribution in [0.5, 0.6) is 5.75 Å². The smallest absolute Gasteiger partial charge is 0.317 e. The Morgan fingerprint density at radius 2 is 1.64 bits per heavy atom. The molecule has 2 aromatic rings. The van der Waals surface area contributed by atoms with Crippen LogP contribution in [0.4, 0.5) is 4.79 Å². The molecule has 1 N–H and O–H groups in total. The first-order valence-corrected chi connectivity index (χ1v) is 14.9. The summed E-state index contributed by atoms with van der Waals surface area (Å²) in [5.41, 5.74) is 0.585. The Hall–Kier alpha value is -3.11. The number of rotatable bonds is 10. The lowest BCUT2D eigenvalue weighted by atomic mass is 10.0. The fourth-order valence-corrected chi connectivity index (χ4v) is 6.15. The quantitative estimate of drug-likeness (QED) is 0.474. The zero-order chi connectivity index (χ0) is 28.6. The van der Waals surface area contributed by atoms with E-state index < -0.39 is 10.0 Å². The van der Waals surface area contributed by atoms with Crippen molar-refractivity contribution in [1.29, 1.82) is 0 Å². The van der Waals surface area contributed by atoms with E-state index in [4.69, 9.17) is 4.74 Å². The zero-order valence-corrected chi connectivity index (χ0v) is 24.5. The number of urea groups is 1. The summed E-state index contributed by atoms with van der Waals surface area (Å²) in [5.74, 6) is 0.467. The summed E-state index contributed by atoms with van der Waals surface area (Å²) in [5, 5.41) is 3.00. The number of hydrogen-bond acceptors (Lipinski definition) is 5. The Bertz CT molecular complexity index is 1190. The van der Waals surface area contributed by atoms with Gasteiger partial charge in [-0.1, -0.05) is 37.3 Å². The molecule has 9 nitrogen and oxygen atoms in total. The lowest BCUT2D eigenvalue weighted by Gasteiger charge is -2.40. The predicted molar refractivity (Wildman–Crippen MR) is 152 cm³/mol. The lowest BCUT2D eigenvalue weighted by molar-refractivity contribution is -0.135. The molecular weight excluding hydrogens is 516 g/mol. The van der Waals surface area contributed by atoms with E-state index in [-0.39, 0.29) is 41.5 Å². The first kappa shape index (κ1) is 30.4. The highest BCUT2D eigenvalue weighted by atomic mass is 32.2. The number of benzene rings is 2. The topological polar surface area (TPSA) is 99.3 Å². The first-order valence-electron chi connectivity index (χ1n) is 13.5. The molecule has 0 radical (unpaired) electrons. The maximum Gasteiger partial charge on any atom is 0.317 e. The Morgan fingerprint density at radius 1 is 1.03 bits per heavy atom. The number of sulfonamides is 1. The first-order chi connectivity index (χ1) is 18.4. The van der Waals surface area contributed by atoms with Crippen LogP contribution in [0, 0.1) is 0 Å². The summed E-state index contributed by atoms with van der Waals surface area (Å²) in [4.78, 5) is 30.3. The average molecular weight is 559 g/mol. The van der Waals surface area contributed by atoms with Gasteiger partial charge in [0.15, 0.2) is 0 Å². The van der Waals surface area contributed by atoms with Gasteiger partial charge in [-0.2, -0.15) is 4.31 Å². The van der Waals surface area contributed by atoms with Gasteiger partial charge in [-0.3, -0.25) is 4.79 Å². The predicted octanol–water partition coefficient (Wildman–Crippen LogP) is 4.10. The monoisotopic (exact) mass is 558 g/mol. The standard InChI is InChI=1S/C29H42N4O5S/c1-6-18-32(39(36,37)26-10-8-7-9-11-26)22-27(34)33(21-23-12-14-25(38-5)15-13-23)24-16-19-31(20-17-24)28(35)30-29(2,3)4/h7-15,24H,6,16-22H2,1-5H3,(H,30,35). The number of nitrogens with one attached hydrogen (secondary N) is 1. The number of carbonyl (C=O) groups is 2. The molecule has 39 heavy (non-hydrogen) atoms. The summed E-state index contributed by atoms with van der Waals surface area (Å²) in [6.07, 6.45) is 1.80. The van der Waals surface area contributed by atoms with Crippen molar-refractivity contribution in [1.82, 2.24) is 19.4 Å². The maximum absolute atomic E-state index is 13.8. The number of hydrogen-bond donors (Lipinski definition) is 1. The third kappa shape index (κ3) is 8.44. The number of likely N-dealkylation sites (tertiary alicyclic amines) is 1. The minimum atomic E-state index is -3.83. The normalized spacial score (nSPS) is 14.8. The van der Waals surface area contributed by atoms with Crippen molar-refractivity contribution < 1.29 is 22.7 Å². The molecule has 1 aliphatic rings. The van der Waals surface area contributed by atoms with E-state index in [9.17, 15) is 18.0 Å². The van der Waals surface area contributed by atoms with Crippen molar-refractivity contribution in [2.75, 3.05) is 33.3 Å². The van der Waals surface area contributed by atoms with Crippen LogP contribution in [-0.2, 0) is 21.4 Å². The van der Waals surface area contributed by atoms with Gasteiger partial charge in [0.2, 0.25) is 15.9 Å². The molecule has 214 valence electrons. The number of methoxy groups -OCH3 is 1.